The highest BCUT2D eigenvalue weighted by atomic mass is 16.5. The minimum absolute atomic E-state index is 0.0192. The SMILES string of the molecule is COCCN(CCOC)C(=O)NC(=O)C(C)=C(C)C(=O)O. The van der Waals surface area contributed by atoms with E-state index in [-0.39, 0.29) is 11.1 Å². The monoisotopic (exact) mass is 302 g/mol. The summed E-state index contributed by atoms with van der Waals surface area (Å²) >= 11 is 0. The van der Waals surface area contributed by atoms with E-state index in [0.29, 0.717) is 26.3 Å². The van der Waals surface area contributed by atoms with Crippen LogP contribution in [0.15, 0.2) is 11.1 Å². The number of carbonyl (C=O) groups is 3. The molecule has 120 valence electrons. The smallest absolute Gasteiger partial charge is 0.331 e. The Morgan fingerprint density at radius 1 is 1.00 bits per heavy atom. The van der Waals surface area contributed by atoms with E-state index in [0.717, 1.165) is 0 Å². The van der Waals surface area contributed by atoms with Crippen molar-refractivity contribution < 1.29 is 29.0 Å². The second-order valence-corrected chi connectivity index (χ2v) is 4.29. The number of hydrogen-bond acceptors (Lipinski definition) is 5. The lowest BCUT2D eigenvalue weighted by molar-refractivity contribution is -0.133. The second-order valence-electron chi connectivity index (χ2n) is 4.29. The Balaban J connectivity index is 4.77. The summed E-state index contributed by atoms with van der Waals surface area (Å²) in [6.07, 6.45) is 0. The molecule has 0 atom stereocenters. The Labute approximate surface area is 123 Å². The molecule has 0 saturated carbocycles. The molecule has 0 aliphatic carbocycles. The predicted octanol–water partition coefficient (Wildman–Crippen LogP) is 0.238. The highest BCUT2D eigenvalue weighted by Gasteiger charge is 2.19. The Morgan fingerprint density at radius 3 is 1.86 bits per heavy atom. The van der Waals surface area contributed by atoms with Crippen molar-refractivity contribution in [3.63, 3.8) is 0 Å². The lowest BCUT2D eigenvalue weighted by Gasteiger charge is -2.22. The van der Waals surface area contributed by atoms with Crippen LogP contribution >= 0.6 is 0 Å². The summed E-state index contributed by atoms with van der Waals surface area (Å²) in [5.74, 6) is -1.94. The first-order valence-corrected chi connectivity index (χ1v) is 6.34. The van der Waals surface area contributed by atoms with Crippen molar-refractivity contribution >= 4 is 17.9 Å². The number of amides is 3. The van der Waals surface area contributed by atoms with Crippen LogP contribution in [0.2, 0.25) is 0 Å². The average molecular weight is 302 g/mol. The fourth-order valence-corrected chi connectivity index (χ4v) is 1.32. The van der Waals surface area contributed by atoms with Gasteiger partial charge in [0.15, 0.2) is 0 Å². The summed E-state index contributed by atoms with van der Waals surface area (Å²) in [4.78, 5) is 35.9. The summed E-state index contributed by atoms with van der Waals surface area (Å²) in [6.45, 7) is 3.86. The molecule has 0 radical (unpaired) electrons. The van der Waals surface area contributed by atoms with Gasteiger partial charge in [0.2, 0.25) is 0 Å². The zero-order valence-corrected chi connectivity index (χ0v) is 12.8. The molecule has 0 aromatic carbocycles. The maximum atomic E-state index is 12.0. The summed E-state index contributed by atoms with van der Waals surface area (Å²) < 4.78 is 9.78. The molecule has 21 heavy (non-hydrogen) atoms. The third kappa shape index (κ3) is 6.87. The number of rotatable bonds is 8. The van der Waals surface area contributed by atoms with E-state index in [9.17, 15) is 14.4 Å². The fourth-order valence-electron chi connectivity index (χ4n) is 1.32. The van der Waals surface area contributed by atoms with Crippen LogP contribution < -0.4 is 5.32 Å². The maximum Gasteiger partial charge on any atom is 0.331 e. The summed E-state index contributed by atoms with van der Waals surface area (Å²) in [6, 6.07) is -0.619. The Kier molecular flexibility index (Phi) is 8.98. The van der Waals surface area contributed by atoms with Crippen LogP contribution in [0, 0.1) is 0 Å². The molecule has 0 aliphatic heterocycles. The molecule has 0 spiro atoms. The molecule has 0 fully saturated rings. The van der Waals surface area contributed by atoms with Crippen molar-refractivity contribution in [3.05, 3.63) is 11.1 Å². The average Bonchev–Trinajstić information content (AvgIpc) is 2.45. The standard InChI is InChI=1S/C13H22N2O6/c1-9(10(2)12(17)18)11(16)14-13(19)15(5-7-20-3)6-8-21-4/h5-8H2,1-4H3,(H,17,18)(H,14,16,19). The van der Waals surface area contributed by atoms with Crippen LogP contribution in [-0.2, 0) is 19.1 Å². The van der Waals surface area contributed by atoms with Crippen molar-refractivity contribution in [1.29, 1.82) is 0 Å². The number of methoxy groups -OCH3 is 2. The fraction of sp³-hybridized carbons (Fsp3) is 0.615. The molecule has 0 rings (SSSR count). The van der Waals surface area contributed by atoms with Crippen molar-refractivity contribution in [3.8, 4) is 0 Å². The molecule has 8 heteroatoms. The molecule has 3 amide bonds. The molecule has 8 nitrogen and oxygen atoms in total. The van der Waals surface area contributed by atoms with Gasteiger partial charge in [0.1, 0.15) is 0 Å². The van der Waals surface area contributed by atoms with Gasteiger partial charge in [0.05, 0.1) is 13.2 Å². The second kappa shape index (κ2) is 9.89. The highest BCUT2D eigenvalue weighted by molar-refractivity contribution is 6.07. The molecule has 0 bridgehead atoms. The summed E-state index contributed by atoms with van der Waals surface area (Å²) in [7, 11) is 3.00. The maximum absolute atomic E-state index is 12.0. The normalized spacial score (nSPS) is 11.6. The Bertz CT molecular complexity index is 411. The third-order valence-electron chi connectivity index (χ3n) is 2.86. The molecule has 0 aromatic heterocycles. The van der Waals surface area contributed by atoms with Crippen LogP contribution in [0.4, 0.5) is 4.79 Å². The van der Waals surface area contributed by atoms with Crippen LogP contribution in [0.3, 0.4) is 0 Å². The van der Waals surface area contributed by atoms with Gasteiger partial charge in [-0.15, -0.1) is 0 Å². The van der Waals surface area contributed by atoms with Crippen molar-refractivity contribution in [1.82, 2.24) is 10.2 Å². The van der Waals surface area contributed by atoms with Crippen LogP contribution in [0.1, 0.15) is 13.8 Å². The van der Waals surface area contributed by atoms with Crippen molar-refractivity contribution in [2.24, 2.45) is 0 Å². The van der Waals surface area contributed by atoms with E-state index in [1.54, 1.807) is 0 Å². The van der Waals surface area contributed by atoms with E-state index < -0.39 is 17.9 Å². The molecule has 0 saturated heterocycles. The third-order valence-corrected chi connectivity index (χ3v) is 2.86. The Hall–Kier alpha value is -1.93. The molecule has 0 heterocycles. The molecule has 2 N–H and O–H groups in total. The minimum atomic E-state index is -1.20. The predicted molar refractivity (Wildman–Crippen MR) is 74.9 cm³/mol. The van der Waals surface area contributed by atoms with Crippen LogP contribution in [0.25, 0.3) is 0 Å². The first-order valence-electron chi connectivity index (χ1n) is 6.34. The van der Waals surface area contributed by atoms with Gasteiger partial charge in [-0.25, -0.2) is 9.59 Å². The van der Waals surface area contributed by atoms with Crippen LogP contribution in [0.5, 0.6) is 0 Å². The molecular formula is C13H22N2O6. The number of nitrogens with one attached hydrogen (secondary N) is 1. The first kappa shape index (κ1) is 19.1. The number of imide groups is 1. The molecule has 0 aromatic rings. The molecule has 0 aliphatic rings. The van der Waals surface area contributed by atoms with Crippen molar-refractivity contribution in [2.75, 3.05) is 40.5 Å². The lowest BCUT2D eigenvalue weighted by atomic mass is 10.1. The van der Waals surface area contributed by atoms with Gasteiger partial charge in [-0.2, -0.15) is 0 Å². The van der Waals surface area contributed by atoms with Gasteiger partial charge in [-0.1, -0.05) is 0 Å². The topological polar surface area (TPSA) is 105 Å². The first-order chi connectivity index (χ1) is 9.84. The van der Waals surface area contributed by atoms with E-state index in [2.05, 4.69) is 5.32 Å². The number of ether oxygens (including phenoxy) is 2. The number of carbonyl (C=O) groups excluding carboxylic acids is 2. The largest absolute Gasteiger partial charge is 0.478 e. The van der Waals surface area contributed by atoms with E-state index in [1.807, 2.05) is 0 Å². The highest BCUT2D eigenvalue weighted by Crippen LogP contribution is 2.04. The van der Waals surface area contributed by atoms with E-state index in [1.165, 1.54) is 33.0 Å². The van der Waals surface area contributed by atoms with Gasteiger partial charge < -0.3 is 19.5 Å². The van der Waals surface area contributed by atoms with Crippen LogP contribution in [-0.4, -0.2) is 68.4 Å². The summed E-state index contributed by atoms with van der Waals surface area (Å²) in [5.41, 5.74) is -0.130. The number of carboxylic acids is 1. The number of urea groups is 1. The number of aliphatic carboxylic acids is 1. The van der Waals surface area contributed by atoms with Crippen molar-refractivity contribution in [2.45, 2.75) is 13.8 Å². The quantitative estimate of drug-likeness (QED) is 0.622. The van der Waals surface area contributed by atoms with Gasteiger partial charge >= 0.3 is 12.0 Å². The molecular weight excluding hydrogens is 280 g/mol. The lowest BCUT2D eigenvalue weighted by Crippen LogP contribution is -2.46. The number of nitrogens with zero attached hydrogens (tertiary/aromatic N) is 1. The van der Waals surface area contributed by atoms with E-state index >= 15 is 0 Å². The minimum Gasteiger partial charge on any atom is -0.478 e. The number of hydrogen-bond donors (Lipinski definition) is 2. The Morgan fingerprint density at radius 2 is 1.48 bits per heavy atom. The zero-order chi connectivity index (χ0) is 16.4. The van der Waals surface area contributed by atoms with Gasteiger partial charge in [0.25, 0.3) is 5.91 Å². The summed E-state index contributed by atoms with van der Waals surface area (Å²) in [5, 5.41) is 11.0. The zero-order valence-electron chi connectivity index (χ0n) is 12.8. The number of carboxylic acid groups (broad SMARTS) is 1. The van der Waals surface area contributed by atoms with Gasteiger partial charge in [-0.3, -0.25) is 10.1 Å². The van der Waals surface area contributed by atoms with Gasteiger partial charge in [-0.05, 0) is 13.8 Å². The molecule has 0 unspecified atom stereocenters. The van der Waals surface area contributed by atoms with Gasteiger partial charge in [0, 0.05) is 38.5 Å². The van der Waals surface area contributed by atoms with E-state index in [4.69, 9.17) is 14.6 Å².